The molecule has 0 saturated heterocycles. The summed E-state index contributed by atoms with van der Waals surface area (Å²) in [6, 6.07) is 26.1. The number of fused-ring (bicyclic) bond motifs is 1. The fourth-order valence-corrected chi connectivity index (χ4v) is 3.64. The van der Waals surface area contributed by atoms with E-state index in [0.29, 0.717) is 12.1 Å². The van der Waals surface area contributed by atoms with Gasteiger partial charge in [0.25, 0.3) is 5.78 Å². The minimum absolute atomic E-state index is 0.371. The molecule has 0 aliphatic rings. The van der Waals surface area contributed by atoms with Crippen molar-refractivity contribution in [1.29, 1.82) is 0 Å². The summed E-state index contributed by atoms with van der Waals surface area (Å²) in [6.07, 6.45) is 0. The van der Waals surface area contributed by atoms with Gasteiger partial charge in [-0.25, -0.2) is 4.79 Å². The Bertz CT molecular complexity index is 1190. The molecule has 0 saturated carbocycles. The number of esters is 1. The predicted molar refractivity (Wildman–Crippen MR) is 114 cm³/mol. The highest BCUT2D eigenvalue weighted by Gasteiger charge is 2.21. The van der Waals surface area contributed by atoms with Crippen molar-refractivity contribution in [1.82, 2.24) is 4.57 Å². The smallest absolute Gasteiger partial charge is 0.379 e. The lowest BCUT2D eigenvalue weighted by molar-refractivity contribution is -0.135. The van der Waals surface area contributed by atoms with Gasteiger partial charge in [-0.05, 0) is 35.7 Å². The van der Waals surface area contributed by atoms with E-state index in [9.17, 15) is 9.59 Å². The number of hydrogen-bond donors (Lipinski definition) is 0. The van der Waals surface area contributed by atoms with Crippen molar-refractivity contribution in [2.75, 3.05) is 7.11 Å². The zero-order chi connectivity index (χ0) is 20.4. The Labute approximate surface area is 169 Å². The topological polar surface area (TPSA) is 48.3 Å². The number of rotatable bonds is 5. The fourth-order valence-electron chi connectivity index (χ4n) is 3.64. The number of aryl methyl sites for hydroxylation is 1. The third kappa shape index (κ3) is 3.57. The molecule has 4 rings (SSSR count). The van der Waals surface area contributed by atoms with Crippen LogP contribution in [0.1, 0.15) is 21.6 Å². The second-order valence-corrected chi connectivity index (χ2v) is 6.99. The maximum absolute atomic E-state index is 12.4. The molecule has 0 spiro atoms. The molecule has 0 unspecified atom stereocenters. The average Bonchev–Trinajstić information content (AvgIpc) is 3.09. The van der Waals surface area contributed by atoms with Crippen LogP contribution in [0.15, 0.2) is 78.9 Å². The quantitative estimate of drug-likeness (QED) is 0.276. The van der Waals surface area contributed by atoms with E-state index in [1.807, 2.05) is 37.3 Å². The van der Waals surface area contributed by atoms with Gasteiger partial charge in [-0.15, -0.1) is 0 Å². The predicted octanol–water partition coefficient (Wildman–Crippen LogP) is 5.02. The van der Waals surface area contributed by atoms with Gasteiger partial charge in [0.15, 0.2) is 0 Å². The highest BCUT2D eigenvalue weighted by atomic mass is 16.5. The van der Waals surface area contributed by atoms with Crippen LogP contribution in [0.2, 0.25) is 0 Å². The van der Waals surface area contributed by atoms with Gasteiger partial charge < -0.3 is 9.30 Å². The highest BCUT2D eigenvalue weighted by Crippen LogP contribution is 2.26. The molecule has 1 aromatic heterocycles. The van der Waals surface area contributed by atoms with Crippen molar-refractivity contribution in [3.63, 3.8) is 0 Å². The van der Waals surface area contributed by atoms with Crippen molar-refractivity contribution in [2.45, 2.75) is 13.5 Å². The molecule has 29 heavy (non-hydrogen) atoms. The van der Waals surface area contributed by atoms with Gasteiger partial charge in [-0.1, -0.05) is 66.7 Å². The molecule has 0 fully saturated rings. The second kappa shape index (κ2) is 7.76. The van der Waals surface area contributed by atoms with Crippen LogP contribution in [0, 0.1) is 6.92 Å². The number of methoxy groups -OCH3 is 1. The van der Waals surface area contributed by atoms with Crippen molar-refractivity contribution in [3.8, 4) is 11.1 Å². The highest BCUT2D eigenvalue weighted by molar-refractivity contribution is 6.42. The third-order valence-electron chi connectivity index (χ3n) is 5.17. The Morgan fingerprint density at radius 2 is 1.55 bits per heavy atom. The Hall–Kier alpha value is -3.66. The van der Waals surface area contributed by atoms with Gasteiger partial charge in [0, 0.05) is 28.7 Å². The number of ether oxygens (including phenoxy) is 1. The van der Waals surface area contributed by atoms with Crippen molar-refractivity contribution >= 4 is 22.7 Å². The molecule has 0 aliphatic carbocycles. The molecule has 0 atom stereocenters. The van der Waals surface area contributed by atoms with Crippen LogP contribution in [0.4, 0.5) is 0 Å². The zero-order valence-corrected chi connectivity index (χ0v) is 16.4. The van der Waals surface area contributed by atoms with Gasteiger partial charge >= 0.3 is 5.97 Å². The zero-order valence-electron chi connectivity index (χ0n) is 16.4. The minimum atomic E-state index is -0.848. The normalized spacial score (nSPS) is 10.8. The van der Waals surface area contributed by atoms with Crippen molar-refractivity contribution in [3.05, 3.63) is 95.7 Å². The standard InChI is InChI=1S/C25H21NO3/c1-17-15-22-21(24(27)25(28)29-2)9-6-10-23(22)26(17)16-18-11-13-20(14-12-18)19-7-4-3-5-8-19/h3-15H,16H2,1-2H3. The molecule has 0 aliphatic heterocycles. The Balaban J connectivity index is 1.67. The lowest BCUT2D eigenvalue weighted by Gasteiger charge is -2.10. The van der Waals surface area contributed by atoms with Gasteiger partial charge in [0.2, 0.25) is 0 Å². The Morgan fingerprint density at radius 1 is 0.862 bits per heavy atom. The molecule has 0 bridgehead atoms. The average molecular weight is 383 g/mol. The Morgan fingerprint density at radius 3 is 2.24 bits per heavy atom. The molecule has 1 heterocycles. The third-order valence-corrected chi connectivity index (χ3v) is 5.17. The summed E-state index contributed by atoms with van der Waals surface area (Å²) in [5.41, 5.74) is 5.84. The Kier molecular flexibility index (Phi) is 5.00. The summed E-state index contributed by atoms with van der Waals surface area (Å²) in [7, 11) is 1.22. The van der Waals surface area contributed by atoms with Crippen molar-refractivity contribution in [2.24, 2.45) is 0 Å². The van der Waals surface area contributed by atoms with E-state index in [1.165, 1.54) is 18.2 Å². The van der Waals surface area contributed by atoms with Crippen LogP contribution in [-0.2, 0) is 16.1 Å². The summed E-state index contributed by atoms with van der Waals surface area (Å²) in [5, 5.41) is 0.765. The lowest BCUT2D eigenvalue weighted by atomic mass is 10.0. The van der Waals surface area contributed by atoms with Crippen LogP contribution >= 0.6 is 0 Å². The molecule has 4 heteroatoms. The maximum Gasteiger partial charge on any atom is 0.379 e. The van der Waals surface area contributed by atoms with Crippen LogP contribution in [0.5, 0.6) is 0 Å². The van der Waals surface area contributed by atoms with Gasteiger partial charge in [0.1, 0.15) is 0 Å². The minimum Gasteiger partial charge on any atom is -0.463 e. The number of carbonyl (C=O) groups excluding carboxylic acids is 2. The molecule has 3 aromatic carbocycles. The lowest BCUT2D eigenvalue weighted by Crippen LogP contribution is -2.15. The number of hydrogen-bond acceptors (Lipinski definition) is 3. The molecule has 4 aromatic rings. The number of Topliss-reactive ketones (excluding diaryl/α,β-unsaturated/α-hetero) is 1. The number of nitrogens with zero attached hydrogens (tertiary/aromatic N) is 1. The molecule has 0 N–H and O–H groups in total. The molecule has 4 nitrogen and oxygen atoms in total. The van der Waals surface area contributed by atoms with Crippen LogP contribution in [0.3, 0.4) is 0 Å². The number of aromatic nitrogens is 1. The van der Waals surface area contributed by atoms with Crippen molar-refractivity contribution < 1.29 is 14.3 Å². The summed E-state index contributed by atoms with van der Waals surface area (Å²) >= 11 is 0. The number of carbonyl (C=O) groups is 2. The second-order valence-electron chi connectivity index (χ2n) is 6.99. The van der Waals surface area contributed by atoms with E-state index >= 15 is 0 Å². The maximum atomic E-state index is 12.4. The molecule has 0 amide bonds. The summed E-state index contributed by atoms with van der Waals surface area (Å²) in [5.74, 6) is -1.47. The van der Waals surface area contributed by atoms with Gasteiger partial charge in [0.05, 0.1) is 7.11 Å². The fraction of sp³-hybridized carbons (Fsp3) is 0.120. The van der Waals surface area contributed by atoms with E-state index in [-0.39, 0.29) is 0 Å². The first-order chi connectivity index (χ1) is 14.1. The largest absolute Gasteiger partial charge is 0.463 e. The molecule has 0 radical (unpaired) electrons. The number of ketones is 1. The van der Waals surface area contributed by atoms with Gasteiger partial charge in [-0.3, -0.25) is 4.79 Å². The molecular formula is C25H21NO3. The first kappa shape index (κ1) is 18.7. The first-order valence-electron chi connectivity index (χ1n) is 9.44. The van der Waals surface area contributed by atoms with E-state index in [1.54, 1.807) is 12.1 Å². The van der Waals surface area contributed by atoms with E-state index in [0.717, 1.165) is 22.2 Å². The van der Waals surface area contributed by atoms with Crippen LogP contribution in [-0.4, -0.2) is 23.4 Å². The molecular weight excluding hydrogens is 362 g/mol. The van der Waals surface area contributed by atoms with Crippen LogP contribution < -0.4 is 0 Å². The summed E-state index contributed by atoms with van der Waals surface area (Å²) in [6.45, 7) is 2.69. The van der Waals surface area contributed by atoms with E-state index in [2.05, 4.69) is 45.7 Å². The van der Waals surface area contributed by atoms with Crippen LogP contribution in [0.25, 0.3) is 22.0 Å². The summed E-state index contributed by atoms with van der Waals surface area (Å²) in [4.78, 5) is 24.1. The van der Waals surface area contributed by atoms with E-state index < -0.39 is 11.8 Å². The molecule has 144 valence electrons. The number of benzene rings is 3. The monoisotopic (exact) mass is 383 g/mol. The van der Waals surface area contributed by atoms with Gasteiger partial charge in [-0.2, -0.15) is 0 Å². The first-order valence-corrected chi connectivity index (χ1v) is 9.44. The van der Waals surface area contributed by atoms with E-state index in [4.69, 9.17) is 0 Å². The summed E-state index contributed by atoms with van der Waals surface area (Å²) < 4.78 is 6.75. The SMILES string of the molecule is COC(=O)C(=O)c1cccc2c1cc(C)n2Cc1ccc(-c2ccccc2)cc1.